The zero-order valence-corrected chi connectivity index (χ0v) is 9.03. The number of carbonyl (C=O) groups excluding carboxylic acids is 1. The molecule has 0 fully saturated rings. The first kappa shape index (κ1) is 10.5. The van der Waals surface area contributed by atoms with E-state index in [4.69, 9.17) is 9.47 Å². The van der Waals surface area contributed by atoms with Gasteiger partial charge >= 0.3 is 0 Å². The summed E-state index contributed by atoms with van der Waals surface area (Å²) in [6, 6.07) is 5.53. The van der Waals surface area contributed by atoms with Crippen LogP contribution in [0.5, 0.6) is 11.5 Å². The monoisotopic (exact) mass is 219 g/mol. The zero-order valence-electron chi connectivity index (χ0n) is 9.03. The van der Waals surface area contributed by atoms with E-state index < -0.39 is 0 Å². The summed E-state index contributed by atoms with van der Waals surface area (Å²) >= 11 is 0. The van der Waals surface area contributed by atoms with E-state index in [1.165, 1.54) is 6.08 Å². The van der Waals surface area contributed by atoms with Crippen LogP contribution in [0.3, 0.4) is 0 Å². The number of hydrogen-bond donors (Lipinski definition) is 1. The van der Waals surface area contributed by atoms with E-state index in [9.17, 15) is 4.79 Å². The van der Waals surface area contributed by atoms with Crippen LogP contribution in [0, 0.1) is 0 Å². The summed E-state index contributed by atoms with van der Waals surface area (Å²) in [6.07, 6.45) is 1.25. The van der Waals surface area contributed by atoms with Gasteiger partial charge in [-0.25, -0.2) is 0 Å². The Kier molecular flexibility index (Phi) is 2.81. The van der Waals surface area contributed by atoms with Crippen LogP contribution >= 0.6 is 0 Å². The van der Waals surface area contributed by atoms with Crippen molar-refractivity contribution in [3.63, 3.8) is 0 Å². The van der Waals surface area contributed by atoms with Crippen molar-refractivity contribution in [2.24, 2.45) is 0 Å². The normalized spacial score (nSPS) is 14.3. The number of rotatable bonds is 3. The Bertz CT molecular complexity index is 428. The van der Waals surface area contributed by atoms with E-state index in [1.54, 1.807) is 0 Å². The second-order valence-electron chi connectivity index (χ2n) is 3.55. The SMILES string of the molecule is C=CC(=O)NC(C)c1ccc2c(c1)OCO2. The molecule has 0 saturated carbocycles. The summed E-state index contributed by atoms with van der Waals surface area (Å²) in [5.74, 6) is 1.27. The maximum Gasteiger partial charge on any atom is 0.243 e. The van der Waals surface area contributed by atoms with Crippen LogP contribution in [-0.2, 0) is 4.79 Å². The minimum Gasteiger partial charge on any atom is -0.454 e. The predicted molar refractivity (Wildman–Crippen MR) is 59.3 cm³/mol. The van der Waals surface area contributed by atoms with Gasteiger partial charge in [-0.2, -0.15) is 0 Å². The lowest BCUT2D eigenvalue weighted by Crippen LogP contribution is -2.24. The molecule has 1 amide bonds. The molecular formula is C12H13NO3. The molecule has 1 heterocycles. The summed E-state index contributed by atoms with van der Waals surface area (Å²) in [4.78, 5) is 11.1. The van der Waals surface area contributed by atoms with Gasteiger partial charge in [0.1, 0.15) is 0 Å². The fourth-order valence-electron chi connectivity index (χ4n) is 1.54. The molecule has 1 aliphatic rings. The minimum atomic E-state index is -0.190. The molecule has 4 nitrogen and oxygen atoms in total. The van der Waals surface area contributed by atoms with Gasteiger partial charge in [-0.05, 0) is 30.7 Å². The molecule has 0 aliphatic carbocycles. The number of hydrogen-bond acceptors (Lipinski definition) is 3. The minimum absolute atomic E-state index is 0.0833. The number of ether oxygens (including phenoxy) is 2. The molecule has 1 unspecified atom stereocenters. The number of carbonyl (C=O) groups is 1. The van der Waals surface area contributed by atoms with Crippen molar-refractivity contribution >= 4 is 5.91 Å². The lowest BCUT2D eigenvalue weighted by molar-refractivity contribution is -0.117. The molecule has 1 aromatic rings. The van der Waals surface area contributed by atoms with E-state index >= 15 is 0 Å². The Balaban J connectivity index is 2.14. The first-order chi connectivity index (χ1) is 7.70. The van der Waals surface area contributed by atoms with Gasteiger partial charge in [0, 0.05) is 0 Å². The van der Waals surface area contributed by atoms with E-state index in [-0.39, 0.29) is 18.7 Å². The van der Waals surface area contributed by atoms with Crippen LogP contribution < -0.4 is 14.8 Å². The van der Waals surface area contributed by atoms with E-state index in [0.29, 0.717) is 0 Å². The molecule has 2 rings (SSSR count). The van der Waals surface area contributed by atoms with E-state index in [2.05, 4.69) is 11.9 Å². The number of benzene rings is 1. The highest BCUT2D eigenvalue weighted by Gasteiger charge is 2.15. The van der Waals surface area contributed by atoms with Gasteiger partial charge in [-0.15, -0.1) is 0 Å². The summed E-state index contributed by atoms with van der Waals surface area (Å²) in [6.45, 7) is 5.57. The van der Waals surface area contributed by atoms with Crippen molar-refractivity contribution in [1.29, 1.82) is 0 Å². The van der Waals surface area contributed by atoms with Crippen LogP contribution in [0.1, 0.15) is 18.5 Å². The average Bonchev–Trinajstić information content (AvgIpc) is 2.75. The fourth-order valence-corrected chi connectivity index (χ4v) is 1.54. The van der Waals surface area contributed by atoms with Crippen LogP contribution in [0.25, 0.3) is 0 Å². The van der Waals surface area contributed by atoms with Crippen molar-refractivity contribution < 1.29 is 14.3 Å². The highest BCUT2D eigenvalue weighted by atomic mass is 16.7. The molecule has 16 heavy (non-hydrogen) atoms. The number of nitrogens with one attached hydrogen (secondary N) is 1. The van der Waals surface area contributed by atoms with Crippen molar-refractivity contribution in [2.75, 3.05) is 6.79 Å². The molecule has 1 aromatic carbocycles. The van der Waals surface area contributed by atoms with Crippen molar-refractivity contribution in [1.82, 2.24) is 5.32 Å². The van der Waals surface area contributed by atoms with E-state index in [1.807, 2.05) is 25.1 Å². The summed E-state index contributed by atoms with van der Waals surface area (Å²) < 4.78 is 10.5. The van der Waals surface area contributed by atoms with Crippen molar-refractivity contribution in [3.05, 3.63) is 36.4 Å². The zero-order chi connectivity index (χ0) is 11.5. The second-order valence-corrected chi connectivity index (χ2v) is 3.55. The maximum atomic E-state index is 11.1. The van der Waals surface area contributed by atoms with Gasteiger partial charge in [0.2, 0.25) is 12.7 Å². The Morgan fingerprint density at radius 2 is 2.25 bits per heavy atom. The molecular weight excluding hydrogens is 206 g/mol. The van der Waals surface area contributed by atoms with Gasteiger partial charge in [0.15, 0.2) is 11.5 Å². The molecule has 0 aromatic heterocycles. The van der Waals surface area contributed by atoms with E-state index in [0.717, 1.165) is 17.1 Å². The molecule has 1 atom stereocenters. The Hall–Kier alpha value is -1.97. The molecule has 0 saturated heterocycles. The lowest BCUT2D eigenvalue weighted by Gasteiger charge is -2.13. The smallest absolute Gasteiger partial charge is 0.243 e. The fraction of sp³-hybridized carbons (Fsp3) is 0.250. The summed E-state index contributed by atoms with van der Waals surface area (Å²) in [5, 5.41) is 2.78. The molecule has 0 radical (unpaired) electrons. The third-order valence-electron chi connectivity index (χ3n) is 2.44. The van der Waals surface area contributed by atoms with Crippen LogP contribution in [-0.4, -0.2) is 12.7 Å². The molecule has 1 aliphatic heterocycles. The summed E-state index contributed by atoms with van der Waals surface area (Å²) in [5.41, 5.74) is 0.972. The maximum absolute atomic E-state index is 11.1. The average molecular weight is 219 g/mol. The van der Waals surface area contributed by atoms with Gasteiger partial charge in [-0.3, -0.25) is 4.79 Å². The third-order valence-corrected chi connectivity index (χ3v) is 2.44. The highest BCUT2D eigenvalue weighted by Crippen LogP contribution is 2.34. The third kappa shape index (κ3) is 2.00. The summed E-state index contributed by atoms with van der Waals surface area (Å²) in [7, 11) is 0. The van der Waals surface area contributed by atoms with Crippen molar-refractivity contribution in [2.45, 2.75) is 13.0 Å². The Morgan fingerprint density at radius 3 is 3.00 bits per heavy atom. The molecule has 4 heteroatoms. The van der Waals surface area contributed by atoms with Crippen molar-refractivity contribution in [3.8, 4) is 11.5 Å². The molecule has 0 spiro atoms. The molecule has 0 bridgehead atoms. The second kappa shape index (κ2) is 4.26. The Labute approximate surface area is 93.9 Å². The number of amides is 1. The van der Waals surface area contributed by atoms with Gasteiger partial charge in [0.05, 0.1) is 6.04 Å². The molecule has 84 valence electrons. The molecule has 1 N–H and O–H groups in total. The quantitative estimate of drug-likeness (QED) is 0.788. The topological polar surface area (TPSA) is 47.6 Å². The van der Waals surface area contributed by atoms with Gasteiger partial charge in [-0.1, -0.05) is 12.6 Å². The van der Waals surface area contributed by atoms with Crippen LogP contribution in [0.2, 0.25) is 0 Å². The lowest BCUT2D eigenvalue weighted by atomic mass is 10.1. The first-order valence-corrected chi connectivity index (χ1v) is 5.03. The predicted octanol–water partition coefficient (Wildman–Crippen LogP) is 1.78. The van der Waals surface area contributed by atoms with Crippen LogP contribution in [0.4, 0.5) is 0 Å². The first-order valence-electron chi connectivity index (χ1n) is 5.03. The Morgan fingerprint density at radius 1 is 1.50 bits per heavy atom. The number of fused-ring (bicyclic) bond motifs is 1. The van der Waals surface area contributed by atoms with Crippen LogP contribution in [0.15, 0.2) is 30.9 Å². The largest absolute Gasteiger partial charge is 0.454 e. The highest BCUT2D eigenvalue weighted by molar-refractivity contribution is 5.87. The van der Waals surface area contributed by atoms with Gasteiger partial charge < -0.3 is 14.8 Å². The standard InChI is InChI=1S/C12H13NO3/c1-3-12(14)13-8(2)9-4-5-10-11(6-9)16-7-15-10/h3-6,8H,1,7H2,2H3,(H,13,14). The van der Waals surface area contributed by atoms with Gasteiger partial charge in [0.25, 0.3) is 0 Å².